The number of rotatable bonds is 6. The van der Waals surface area contributed by atoms with E-state index >= 15 is 0 Å². The van der Waals surface area contributed by atoms with E-state index in [1.807, 2.05) is 13.0 Å². The number of hydrogen-bond donors (Lipinski definition) is 3. The first kappa shape index (κ1) is 18.0. The zero-order valence-corrected chi connectivity index (χ0v) is 14.7. The number of halogens is 1. The summed E-state index contributed by atoms with van der Waals surface area (Å²) < 4.78 is 0. The number of nitrogens with zero attached hydrogens (tertiary/aromatic N) is 1. The summed E-state index contributed by atoms with van der Waals surface area (Å²) in [5, 5.41) is 12.9. The van der Waals surface area contributed by atoms with E-state index < -0.39 is 0 Å². The van der Waals surface area contributed by atoms with Gasteiger partial charge in [-0.05, 0) is 30.7 Å². The van der Waals surface area contributed by atoms with Gasteiger partial charge in [-0.1, -0.05) is 32.4 Å². The molecule has 1 aromatic carbocycles. The fraction of sp³-hybridized carbons (Fsp3) is 0.353. The van der Waals surface area contributed by atoms with Gasteiger partial charge in [-0.3, -0.25) is 14.7 Å². The van der Waals surface area contributed by atoms with Crippen LogP contribution in [0.25, 0.3) is 0 Å². The molecule has 0 atom stereocenters. The summed E-state index contributed by atoms with van der Waals surface area (Å²) >= 11 is 6.10. The maximum atomic E-state index is 12.3. The van der Waals surface area contributed by atoms with E-state index in [2.05, 4.69) is 20.8 Å². The van der Waals surface area contributed by atoms with Gasteiger partial charge in [0.15, 0.2) is 0 Å². The summed E-state index contributed by atoms with van der Waals surface area (Å²) in [4.78, 5) is 24.1. The van der Waals surface area contributed by atoms with Gasteiger partial charge in [-0.15, -0.1) is 0 Å². The number of H-pyrrole nitrogens is 1. The van der Waals surface area contributed by atoms with Crippen LogP contribution in [0, 0.1) is 5.92 Å². The monoisotopic (exact) mass is 348 g/mol. The highest BCUT2D eigenvalue weighted by molar-refractivity contribution is 6.34. The van der Waals surface area contributed by atoms with E-state index in [4.69, 9.17) is 11.6 Å². The molecule has 24 heavy (non-hydrogen) atoms. The molecular weight excluding hydrogens is 328 g/mol. The maximum Gasteiger partial charge on any atom is 0.253 e. The molecular formula is C17H21ClN4O2. The molecule has 2 aromatic rings. The lowest BCUT2D eigenvalue weighted by molar-refractivity contribution is -0.118. The lowest BCUT2D eigenvalue weighted by Gasteiger charge is -2.11. The van der Waals surface area contributed by atoms with Gasteiger partial charge in [-0.25, -0.2) is 0 Å². The van der Waals surface area contributed by atoms with E-state index in [1.165, 1.54) is 0 Å². The van der Waals surface area contributed by atoms with Gasteiger partial charge in [0.25, 0.3) is 5.91 Å². The van der Waals surface area contributed by atoms with Gasteiger partial charge in [0.05, 0.1) is 28.5 Å². The zero-order valence-electron chi connectivity index (χ0n) is 13.9. The van der Waals surface area contributed by atoms with Crippen LogP contribution in [0.2, 0.25) is 5.02 Å². The number of carbonyl (C=O) groups is 2. The van der Waals surface area contributed by atoms with Crippen LogP contribution in [-0.2, 0) is 17.8 Å². The molecule has 3 N–H and O–H groups in total. The Morgan fingerprint density at radius 1 is 1.29 bits per heavy atom. The molecule has 0 radical (unpaired) electrons. The van der Waals surface area contributed by atoms with Gasteiger partial charge in [0, 0.05) is 11.6 Å². The first-order valence-electron chi connectivity index (χ1n) is 7.82. The molecule has 0 saturated heterocycles. The molecule has 128 valence electrons. The summed E-state index contributed by atoms with van der Waals surface area (Å²) in [5.74, 6) is -0.576. The molecule has 2 rings (SSSR count). The number of aromatic amines is 1. The smallest absolute Gasteiger partial charge is 0.253 e. The topological polar surface area (TPSA) is 86.9 Å². The third-order valence-electron chi connectivity index (χ3n) is 3.49. The van der Waals surface area contributed by atoms with Crippen LogP contribution in [0.1, 0.15) is 42.5 Å². The fourth-order valence-corrected chi connectivity index (χ4v) is 2.22. The minimum atomic E-state index is -0.312. The number of amides is 2. The Balaban J connectivity index is 2.06. The van der Waals surface area contributed by atoms with Crippen molar-refractivity contribution in [2.75, 3.05) is 5.32 Å². The fourth-order valence-electron chi connectivity index (χ4n) is 2.02. The Hall–Kier alpha value is -2.34. The van der Waals surface area contributed by atoms with Crippen LogP contribution in [-0.4, -0.2) is 22.0 Å². The Labute approximate surface area is 146 Å². The number of anilines is 1. The zero-order chi connectivity index (χ0) is 17.7. The third-order valence-corrected chi connectivity index (χ3v) is 3.82. The predicted octanol–water partition coefficient (Wildman–Crippen LogP) is 3.15. The Kier molecular flexibility index (Phi) is 5.98. The van der Waals surface area contributed by atoms with E-state index in [-0.39, 0.29) is 17.7 Å². The minimum absolute atomic E-state index is 0.117. The Morgan fingerprint density at radius 2 is 2.04 bits per heavy atom. The average molecular weight is 349 g/mol. The van der Waals surface area contributed by atoms with Crippen LogP contribution < -0.4 is 10.6 Å². The van der Waals surface area contributed by atoms with Crippen molar-refractivity contribution in [1.82, 2.24) is 15.5 Å². The molecule has 0 saturated carbocycles. The first-order chi connectivity index (χ1) is 11.4. The molecule has 0 aliphatic carbocycles. The summed E-state index contributed by atoms with van der Waals surface area (Å²) in [5.41, 5.74) is 2.61. The summed E-state index contributed by atoms with van der Waals surface area (Å²) in [7, 11) is 0. The maximum absolute atomic E-state index is 12.3. The molecule has 0 bridgehead atoms. The van der Waals surface area contributed by atoms with E-state index in [0.29, 0.717) is 22.8 Å². The van der Waals surface area contributed by atoms with Crippen molar-refractivity contribution in [3.63, 3.8) is 0 Å². The number of hydrogen-bond acceptors (Lipinski definition) is 3. The second-order valence-electron chi connectivity index (χ2n) is 5.76. The normalized spacial score (nSPS) is 10.7. The molecule has 2 amide bonds. The standard InChI is InChI=1S/C17H21ClN4O2/c1-4-11-7-13(22-21-11)9-19-17(24)14-8-12(5-6-15(14)18)20-16(23)10(2)3/h5-8,10H,4,9H2,1-3H3,(H,19,24)(H,20,23)(H,21,22). The van der Waals surface area contributed by atoms with Crippen molar-refractivity contribution in [1.29, 1.82) is 0 Å². The van der Waals surface area contributed by atoms with Gasteiger partial charge in [0.1, 0.15) is 0 Å². The van der Waals surface area contributed by atoms with Gasteiger partial charge < -0.3 is 10.6 Å². The summed E-state index contributed by atoms with van der Waals surface area (Å²) in [6, 6.07) is 6.74. The number of benzene rings is 1. The number of nitrogens with one attached hydrogen (secondary N) is 3. The highest BCUT2D eigenvalue weighted by Gasteiger charge is 2.14. The largest absolute Gasteiger partial charge is 0.346 e. The van der Waals surface area contributed by atoms with Crippen LogP contribution in [0.3, 0.4) is 0 Å². The van der Waals surface area contributed by atoms with Crippen LogP contribution >= 0.6 is 11.6 Å². The SMILES string of the molecule is CCc1cc(CNC(=O)c2cc(NC(=O)C(C)C)ccc2Cl)[nH]n1. The van der Waals surface area contributed by atoms with Crippen LogP contribution in [0.4, 0.5) is 5.69 Å². The number of aryl methyl sites for hydroxylation is 1. The molecule has 6 nitrogen and oxygen atoms in total. The van der Waals surface area contributed by atoms with Crippen molar-refractivity contribution in [3.05, 3.63) is 46.2 Å². The van der Waals surface area contributed by atoms with Crippen molar-refractivity contribution in [3.8, 4) is 0 Å². The van der Waals surface area contributed by atoms with Gasteiger partial charge in [0.2, 0.25) is 5.91 Å². The van der Waals surface area contributed by atoms with E-state index in [1.54, 1.807) is 32.0 Å². The number of aromatic nitrogens is 2. The van der Waals surface area contributed by atoms with E-state index in [0.717, 1.165) is 17.8 Å². The Morgan fingerprint density at radius 3 is 2.67 bits per heavy atom. The predicted molar refractivity (Wildman–Crippen MR) is 94.1 cm³/mol. The Bertz CT molecular complexity index is 740. The van der Waals surface area contributed by atoms with Crippen LogP contribution in [0.15, 0.2) is 24.3 Å². The molecule has 0 aliphatic rings. The second kappa shape index (κ2) is 7.97. The highest BCUT2D eigenvalue weighted by Crippen LogP contribution is 2.21. The van der Waals surface area contributed by atoms with Gasteiger partial charge in [-0.2, -0.15) is 5.10 Å². The lowest BCUT2D eigenvalue weighted by atomic mass is 10.1. The molecule has 7 heteroatoms. The van der Waals surface area contributed by atoms with Crippen molar-refractivity contribution >= 4 is 29.1 Å². The van der Waals surface area contributed by atoms with Crippen molar-refractivity contribution < 1.29 is 9.59 Å². The second-order valence-corrected chi connectivity index (χ2v) is 6.17. The van der Waals surface area contributed by atoms with Crippen molar-refractivity contribution in [2.24, 2.45) is 5.92 Å². The quantitative estimate of drug-likeness (QED) is 0.749. The molecule has 0 unspecified atom stereocenters. The van der Waals surface area contributed by atoms with Gasteiger partial charge >= 0.3 is 0 Å². The first-order valence-corrected chi connectivity index (χ1v) is 8.20. The number of carbonyl (C=O) groups excluding carboxylic acids is 2. The van der Waals surface area contributed by atoms with Crippen molar-refractivity contribution in [2.45, 2.75) is 33.7 Å². The lowest BCUT2D eigenvalue weighted by Crippen LogP contribution is -2.24. The summed E-state index contributed by atoms with van der Waals surface area (Å²) in [6.45, 7) is 5.93. The van der Waals surface area contributed by atoms with E-state index in [9.17, 15) is 9.59 Å². The van der Waals surface area contributed by atoms with Crippen LogP contribution in [0.5, 0.6) is 0 Å². The molecule has 0 aliphatic heterocycles. The highest BCUT2D eigenvalue weighted by atomic mass is 35.5. The molecule has 0 fully saturated rings. The minimum Gasteiger partial charge on any atom is -0.346 e. The molecule has 1 aromatic heterocycles. The third kappa shape index (κ3) is 4.58. The average Bonchev–Trinajstić information content (AvgIpc) is 3.02. The summed E-state index contributed by atoms with van der Waals surface area (Å²) in [6.07, 6.45) is 0.827. The molecule has 0 spiro atoms. The molecule has 1 heterocycles.